The summed E-state index contributed by atoms with van der Waals surface area (Å²) < 4.78 is 6.00. The standard InChI is InChI=1S/C16H17NOS/c1-11-7-8-16-14(9-11)17(10-12(2)19)13-5-3-4-6-15(13)18-16/h3-8,11H,9-10H2,1-2H3. The lowest BCUT2D eigenvalue weighted by Gasteiger charge is -2.36. The Morgan fingerprint density at radius 1 is 1.42 bits per heavy atom. The van der Waals surface area contributed by atoms with E-state index < -0.39 is 0 Å². The van der Waals surface area contributed by atoms with E-state index in [4.69, 9.17) is 17.0 Å². The molecule has 0 radical (unpaired) electrons. The van der Waals surface area contributed by atoms with Crippen molar-refractivity contribution in [2.75, 3.05) is 11.4 Å². The number of benzene rings is 1. The molecule has 1 aliphatic heterocycles. The molecule has 2 aliphatic rings. The van der Waals surface area contributed by atoms with Crippen LogP contribution in [0, 0.1) is 5.92 Å². The molecule has 0 saturated heterocycles. The lowest BCUT2D eigenvalue weighted by molar-refractivity contribution is 0.411. The van der Waals surface area contributed by atoms with Crippen molar-refractivity contribution in [2.24, 2.45) is 5.92 Å². The number of hydrogen-bond acceptors (Lipinski definition) is 3. The summed E-state index contributed by atoms with van der Waals surface area (Å²) in [7, 11) is 0. The highest BCUT2D eigenvalue weighted by Crippen LogP contribution is 2.41. The summed E-state index contributed by atoms with van der Waals surface area (Å²) in [6.45, 7) is 4.99. The molecule has 19 heavy (non-hydrogen) atoms. The van der Waals surface area contributed by atoms with E-state index in [1.54, 1.807) is 0 Å². The van der Waals surface area contributed by atoms with E-state index in [2.05, 4.69) is 30.0 Å². The molecule has 1 aromatic carbocycles. The fraction of sp³-hybridized carbons (Fsp3) is 0.312. The van der Waals surface area contributed by atoms with Crippen LogP contribution in [0.4, 0.5) is 5.69 Å². The van der Waals surface area contributed by atoms with Crippen LogP contribution < -0.4 is 9.64 Å². The maximum atomic E-state index is 6.00. The van der Waals surface area contributed by atoms with Gasteiger partial charge in [0.2, 0.25) is 0 Å². The van der Waals surface area contributed by atoms with Crippen LogP contribution in [0.25, 0.3) is 0 Å². The molecule has 3 rings (SSSR count). The fourth-order valence-corrected chi connectivity index (χ4v) is 2.72. The van der Waals surface area contributed by atoms with Crippen molar-refractivity contribution < 1.29 is 4.74 Å². The second-order valence-electron chi connectivity index (χ2n) is 5.21. The lowest BCUT2D eigenvalue weighted by atomic mass is 9.96. The van der Waals surface area contributed by atoms with Gasteiger partial charge in [-0.15, -0.1) is 0 Å². The summed E-state index contributed by atoms with van der Waals surface area (Å²) in [6.07, 6.45) is 5.29. The van der Waals surface area contributed by atoms with Gasteiger partial charge < -0.3 is 9.64 Å². The van der Waals surface area contributed by atoms with Crippen molar-refractivity contribution in [3.63, 3.8) is 0 Å². The first-order chi connectivity index (χ1) is 9.15. The average molecular weight is 271 g/mol. The predicted octanol–water partition coefficient (Wildman–Crippen LogP) is 4.08. The Hall–Kier alpha value is -1.61. The maximum absolute atomic E-state index is 6.00. The highest BCUT2D eigenvalue weighted by molar-refractivity contribution is 7.80. The number of rotatable bonds is 2. The van der Waals surface area contributed by atoms with E-state index >= 15 is 0 Å². The van der Waals surface area contributed by atoms with Gasteiger partial charge in [0.15, 0.2) is 5.75 Å². The molecule has 0 bridgehead atoms. The normalized spacial score (nSPS) is 20.7. The van der Waals surface area contributed by atoms with Crippen molar-refractivity contribution in [2.45, 2.75) is 20.3 Å². The van der Waals surface area contributed by atoms with Gasteiger partial charge in [-0.25, -0.2) is 0 Å². The summed E-state index contributed by atoms with van der Waals surface area (Å²) >= 11 is 5.31. The molecule has 0 saturated carbocycles. The van der Waals surface area contributed by atoms with Gasteiger partial charge >= 0.3 is 0 Å². The van der Waals surface area contributed by atoms with E-state index in [0.29, 0.717) is 5.92 Å². The number of nitrogens with zero attached hydrogens (tertiary/aromatic N) is 1. The van der Waals surface area contributed by atoms with Gasteiger partial charge in [-0.05, 0) is 37.5 Å². The van der Waals surface area contributed by atoms with Gasteiger partial charge in [-0.1, -0.05) is 37.4 Å². The number of anilines is 1. The van der Waals surface area contributed by atoms with E-state index in [1.165, 1.54) is 5.70 Å². The minimum atomic E-state index is 0.542. The molecule has 1 aliphatic carbocycles. The summed E-state index contributed by atoms with van der Waals surface area (Å²) in [5, 5.41) is 0. The van der Waals surface area contributed by atoms with Gasteiger partial charge in [0.25, 0.3) is 0 Å². The van der Waals surface area contributed by atoms with Crippen LogP contribution in [-0.2, 0) is 0 Å². The Morgan fingerprint density at radius 2 is 2.21 bits per heavy atom. The Morgan fingerprint density at radius 3 is 3.00 bits per heavy atom. The third kappa shape index (κ3) is 2.30. The number of hydrogen-bond donors (Lipinski definition) is 0. The molecule has 3 heteroatoms. The van der Waals surface area contributed by atoms with Crippen molar-refractivity contribution in [1.82, 2.24) is 0 Å². The van der Waals surface area contributed by atoms with Crippen LogP contribution in [-0.4, -0.2) is 11.4 Å². The number of ether oxygens (including phenoxy) is 1. The van der Waals surface area contributed by atoms with Crippen LogP contribution >= 0.6 is 12.2 Å². The smallest absolute Gasteiger partial charge is 0.151 e. The molecule has 0 fully saturated rings. The highest BCUT2D eigenvalue weighted by Gasteiger charge is 2.28. The molecular formula is C16H17NOS. The molecule has 0 spiro atoms. The molecule has 98 valence electrons. The monoisotopic (exact) mass is 271 g/mol. The van der Waals surface area contributed by atoms with Gasteiger partial charge in [0.05, 0.1) is 17.9 Å². The summed E-state index contributed by atoms with van der Waals surface area (Å²) in [4.78, 5) is 3.29. The number of fused-ring (bicyclic) bond motifs is 1. The van der Waals surface area contributed by atoms with Crippen molar-refractivity contribution >= 4 is 22.8 Å². The topological polar surface area (TPSA) is 12.5 Å². The Labute approximate surface area is 119 Å². The third-order valence-corrected chi connectivity index (χ3v) is 3.59. The van der Waals surface area contributed by atoms with Crippen LogP contribution in [0.2, 0.25) is 0 Å². The lowest BCUT2D eigenvalue weighted by Crippen LogP contribution is -2.33. The van der Waals surface area contributed by atoms with Gasteiger partial charge in [0, 0.05) is 4.86 Å². The minimum Gasteiger partial charge on any atom is -0.453 e. The predicted molar refractivity (Wildman–Crippen MR) is 82.6 cm³/mol. The molecule has 1 atom stereocenters. The van der Waals surface area contributed by atoms with Crippen LogP contribution in [0.3, 0.4) is 0 Å². The zero-order valence-corrected chi connectivity index (χ0v) is 12.0. The zero-order chi connectivity index (χ0) is 13.4. The van der Waals surface area contributed by atoms with Crippen molar-refractivity contribution in [3.05, 3.63) is 47.9 Å². The van der Waals surface area contributed by atoms with Crippen molar-refractivity contribution in [1.29, 1.82) is 0 Å². The highest BCUT2D eigenvalue weighted by atomic mass is 32.1. The van der Waals surface area contributed by atoms with Crippen LogP contribution in [0.5, 0.6) is 5.75 Å². The van der Waals surface area contributed by atoms with E-state index in [1.807, 2.05) is 25.1 Å². The number of para-hydroxylation sites is 2. The third-order valence-electron chi connectivity index (χ3n) is 3.46. The van der Waals surface area contributed by atoms with E-state index in [9.17, 15) is 0 Å². The largest absolute Gasteiger partial charge is 0.453 e. The van der Waals surface area contributed by atoms with Crippen LogP contribution in [0.15, 0.2) is 47.9 Å². The second-order valence-corrected chi connectivity index (χ2v) is 5.91. The molecule has 0 N–H and O–H groups in total. The molecule has 1 unspecified atom stereocenters. The minimum absolute atomic E-state index is 0.542. The molecule has 0 amide bonds. The maximum Gasteiger partial charge on any atom is 0.151 e. The molecule has 2 nitrogen and oxygen atoms in total. The van der Waals surface area contributed by atoms with Gasteiger partial charge in [0.1, 0.15) is 5.76 Å². The van der Waals surface area contributed by atoms with Crippen LogP contribution in [0.1, 0.15) is 20.3 Å². The first-order valence-corrected chi connectivity index (χ1v) is 7.01. The average Bonchev–Trinajstić information content (AvgIpc) is 2.39. The summed E-state index contributed by atoms with van der Waals surface area (Å²) in [5.74, 6) is 2.42. The van der Waals surface area contributed by atoms with Gasteiger partial charge in [-0.3, -0.25) is 0 Å². The summed E-state index contributed by atoms with van der Waals surface area (Å²) in [6, 6.07) is 8.15. The SMILES string of the molecule is CC(=S)CN1C2=C(C=CC(C)C2)Oc2ccccc21. The number of thiocarbonyl (C=S) groups is 1. The molecule has 1 heterocycles. The van der Waals surface area contributed by atoms with Gasteiger partial charge in [-0.2, -0.15) is 0 Å². The van der Waals surface area contributed by atoms with Crippen molar-refractivity contribution in [3.8, 4) is 5.75 Å². The molecule has 1 aromatic rings. The van der Waals surface area contributed by atoms with E-state index in [-0.39, 0.29) is 0 Å². The fourth-order valence-electron chi connectivity index (χ4n) is 2.59. The first kappa shape index (κ1) is 12.4. The Bertz CT molecular complexity index is 588. The Kier molecular flexibility index (Phi) is 3.15. The first-order valence-electron chi connectivity index (χ1n) is 6.60. The quantitative estimate of drug-likeness (QED) is 0.752. The molecular weight excluding hydrogens is 254 g/mol. The molecule has 0 aromatic heterocycles. The summed E-state index contributed by atoms with van der Waals surface area (Å²) in [5.41, 5.74) is 2.37. The van der Waals surface area contributed by atoms with E-state index in [0.717, 1.165) is 35.0 Å². The Balaban J connectivity index is 2.07. The number of allylic oxidation sites excluding steroid dienone is 3. The zero-order valence-electron chi connectivity index (χ0n) is 11.2. The second kappa shape index (κ2) is 4.82.